The van der Waals surface area contributed by atoms with Crippen molar-refractivity contribution in [2.45, 2.75) is 200 Å². The van der Waals surface area contributed by atoms with E-state index in [1.54, 1.807) is 0 Å². The summed E-state index contributed by atoms with van der Waals surface area (Å²) in [5.41, 5.74) is 5.34. The quantitative estimate of drug-likeness (QED) is 0.0273. The Morgan fingerprint density at radius 3 is 1.49 bits per heavy atom. The fourth-order valence-electron chi connectivity index (χ4n) is 5.67. The Balaban J connectivity index is 4.19. The monoisotopic (exact) mass is 744 g/mol. The minimum absolute atomic E-state index is 0.0513. The summed E-state index contributed by atoms with van der Waals surface area (Å²) in [7, 11) is -4.38. The molecule has 0 heterocycles. The number of carbonyl (C=O) groups excluding carboxylic acids is 2. The van der Waals surface area contributed by atoms with Gasteiger partial charge in [-0.15, -0.1) is 0 Å². The van der Waals surface area contributed by atoms with Crippen molar-refractivity contribution in [3.63, 3.8) is 0 Å². The van der Waals surface area contributed by atoms with Gasteiger partial charge in [0.2, 0.25) is 0 Å². The van der Waals surface area contributed by atoms with Crippen LogP contribution < -0.4 is 5.73 Å². The zero-order valence-corrected chi connectivity index (χ0v) is 33.7. The van der Waals surface area contributed by atoms with Crippen molar-refractivity contribution < 1.29 is 37.6 Å². The van der Waals surface area contributed by atoms with Crippen LogP contribution in [0.5, 0.6) is 0 Å². The van der Waals surface area contributed by atoms with Crippen molar-refractivity contribution in [2.24, 2.45) is 5.73 Å². The number of carbonyl (C=O) groups is 2. The summed E-state index contributed by atoms with van der Waals surface area (Å²) in [6.07, 6.45) is 39.2. The summed E-state index contributed by atoms with van der Waals surface area (Å²) in [5.74, 6) is -0.853. The highest BCUT2D eigenvalue weighted by atomic mass is 31.2. The number of hydrogen-bond donors (Lipinski definition) is 2. The molecule has 0 aliphatic rings. The van der Waals surface area contributed by atoms with Gasteiger partial charge in [0.05, 0.1) is 13.2 Å². The van der Waals surface area contributed by atoms with E-state index in [1.165, 1.54) is 122 Å². The number of unbranched alkanes of at least 4 members (excludes halogenated alkanes) is 22. The number of rotatable bonds is 39. The van der Waals surface area contributed by atoms with E-state index in [-0.39, 0.29) is 38.6 Å². The topological polar surface area (TPSA) is 134 Å². The molecule has 0 radical (unpaired) electrons. The van der Waals surface area contributed by atoms with E-state index in [1.807, 2.05) is 0 Å². The Labute approximate surface area is 312 Å². The van der Waals surface area contributed by atoms with Gasteiger partial charge in [-0.05, 0) is 57.8 Å². The van der Waals surface area contributed by atoms with Crippen molar-refractivity contribution in [1.82, 2.24) is 0 Å². The van der Waals surface area contributed by atoms with Gasteiger partial charge in [-0.25, -0.2) is 4.57 Å². The van der Waals surface area contributed by atoms with Crippen molar-refractivity contribution in [2.75, 3.05) is 26.4 Å². The molecule has 0 aromatic carbocycles. The molecule has 0 fully saturated rings. The second-order valence-electron chi connectivity index (χ2n) is 13.8. The number of phosphoric acid groups is 1. The van der Waals surface area contributed by atoms with E-state index in [4.69, 9.17) is 24.3 Å². The second-order valence-corrected chi connectivity index (χ2v) is 15.3. The molecule has 10 heteroatoms. The molecular formula is C41H78NO8P. The summed E-state index contributed by atoms with van der Waals surface area (Å²) < 4.78 is 32.7. The van der Waals surface area contributed by atoms with E-state index in [9.17, 15) is 19.0 Å². The van der Waals surface area contributed by atoms with Crippen LogP contribution >= 0.6 is 7.82 Å². The van der Waals surface area contributed by atoms with Crippen molar-refractivity contribution in [3.05, 3.63) is 24.3 Å². The summed E-state index contributed by atoms with van der Waals surface area (Å²) in [4.78, 5) is 34.8. The molecule has 9 nitrogen and oxygen atoms in total. The first-order chi connectivity index (χ1) is 24.8. The molecule has 2 atom stereocenters. The number of hydrogen-bond acceptors (Lipinski definition) is 8. The standard InChI is InChI=1S/C41H78NO8P/c1-3-5-7-9-11-13-15-17-19-21-23-25-27-29-31-33-40(43)47-37-39(38-49-51(45,46)48-36-35-42)50-41(44)34-32-30-28-26-24-22-20-18-16-14-12-10-8-6-4-2/h9,11,24,26,39H,3-8,10,12-23,25,27-38,42H2,1-2H3,(H,45,46)/b11-9+,26-24+/t39-/m1/s1. The Kier molecular flexibility index (Phi) is 37.1. The Bertz CT molecular complexity index is 897. The van der Waals surface area contributed by atoms with Crippen molar-refractivity contribution >= 4 is 19.8 Å². The molecule has 300 valence electrons. The second kappa shape index (κ2) is 38.2. The minimum atomic E-state index is -4.38. The van der Waals surface area contributed by atoms with Crippen LogP contribution in [0.3, 0.4) is 0 Å². The van der Waals surface area contributed by atoms with Gasteiger partial charge < -0.3 is 20.1 Å². The molecule has 3 N–H and O–H groups in total. The maximum absolute atomic E-state index is 12.5. The fraction of sp³-hybridized carbons (Fsp3) is 0.854. The molecule has 0 saturated carbocycles. The normalized spacial score (nSPS) is 13.6. The van der Waals surface area contributed by atoms with Gasteiger partial charge in [0.1, 0.15) is 6.61 Å². The summed E-state index contributed by atoms with van der Waals surface area (Å²) in [5, 5.41) is 0. The zero-order chi connectivity index (χ0) is 37.5. The Morgan fingerprint density at radius 2 is 0.980 bits per heavy atom. The van der Waals surface area contributed by atoms with Crippen LogP contribution in [0.25, 0.3) is 0 Å². The number of phosphoric ester groups is 1. The van der Waals surface area contributed by atoms with Crippen LogP contribution in [0.4, 0.5) is 0 Å². The lowest BCUT2D eigenvalue weighted by Gasteiger charge is -2.19. The van der Waals surface area contributed by atoms with Crippen LogP contribution in [0.15, 0.2) is 24.3 Å². The third-order valence-corrected chi connectivity index (χ3v) is 9.79. The van der Waals surface area contributed by atoms with Gasteiger partial charge in [-0.3, -0.25) is 18.6 Å². The predicted molar refractivity (Wildman–Crippen MR) is 211 cm³/mol. The number of ether oxygens (including phenoxy) is 2. The molecule has 0 aromatic heterocycles. The highest BCUT2D eigenvalue weighted by molar-refractivity contribution is 7.47. The van der Waals surface area contributed by atoms with Gasteiger partial charge in [-0.2, -0.15) is 0 Å². The lowest BCUT2D eigenvalue weighted by Crippen LogP contribution is -2.29. The lowest BCUT2D eigenvalue weighted by atomic mass is 10.1. The van der Waals surface area contributed by atoms with E-state index >= 15 is 0 Å². The molecule has 0 spiro atoms. The number of nitrogens with two attached hydrogens (primary N) is 1. The van der Waals surface area contributed by atoms with Crippen LogP contribution in [0.2, 0.25) is 0 Å². The van der Waals surface area contributed by atoms with Gasteiger partial charge in [-0.1, -0.05) is 147 Å². The van der Waals surface area contributed by atoms with Gasteiger partial charge in [0.25, 0.3) is 0 Å². The van der Waals surface area contributed by atoms with Crippen molar-refractivity contribution in [1.29, 1.82) is 0 Å². The molecule has 0 amide bonds. The maximum atomic E-state index is 12.5. The smallest absolute Gasteiger partial charge is 0.462 e. The van der Waals surface area contributed by atoms with E-state index in [0.717, 1.165) is 38.5 Å². The molecule has 51 heavy (non-hydrogen) atoms. The molecule has 0 bridgehead atoms. The molecule has 0 saturated heterocycles. The van der Waals surface area contributed by atoms with Crippen LogP contribution in [-0.4, -0.2) is 49.3 Å². The van der Waals surface area contributed by atoms with E-state index in [2.05, 4.69) is 38.2 Å². The molecule has 0 aliphatic carbocycles. The Hall–Kier alpha value is -1.51. The average Bonchev–Trinajstić information content (AvgIpc) is 3.11. The molecule has 0 aliphatic heterocycles. The minimum Gasteiger partial charge on any atom is -0.462 e. The lowest BCUT2D eigenvalue weighted by molar-refractivity contribution is -0.161. The Morgan fingerprint density at radius 1 is 0.569 bits per heavy atom. The highest BCUT2D eigenvalue weighted by Crippen LogP contribution is 2.43. The molecular weight excluding hydrogens is 665 g/mol. The third kappa shape index (κ3) is 38.0. The van der Waals surface area contributed by atoms with E-state index in [0.29, 0.717) is 6.42 Å². The predicted octanol–water partition coefficient (Wildman–Crippen LogP) is 11.6. The first kappa shape index (κ1) is 49.5. The SMILES string of the molecule is CCCC/C=C/CCCCCCCCCCCC(=O)OC[C@H](COP(=O)(O)OCCN)OC(=O)CCCC/C=C/CCCCCCCCCCC. The summed E-state index contributed by atoms with van der Waals surface area (Å²) in [6, 6.07) is 0. The summed E-state index contributed by atoms with van der Waals surface area (Å²) >= 11 is 0. The van der Waals surface area contributed by atoms with Gasteiger partial charge in [0, 0.05) is 19.4 Å². The van der Waals surface area contributed by atoms with Crippen molar-refractivity contribution in [3.8, 4) is 0 Å². The first-order valence-corrected chi connectivity index (χ1v) is 22.3. The largest absolute Gasteiger partial charge is 0.472 e. The number of esters is 2. The number of allylic oxidation sites excluding steroid dienone is 4. The molecule has 1 unspecified atom stereocenters. The fourth-order valence-corrected chi connectivity index (χ4v) is 6.43. The van der Waals surface area contributed by atoms with Crippen LogP contribution in [0, 0.1) is 0 Å². The van der Waals surface area contributed by atoms with Crippen LogP contribution in [0.1, 0.15) is 194 Å². The summed E-state index contributed by atoms with van der Waals surface area (Å²) in [6.45, 7) is 3.68. The molecule has 0 rings (SSSR count). The zero-order valence-electron chi connectivity index (χ0n) is 32.8. The van der Waals surface area contributed by atoms with Crippen LogP contribution in [-0.2, 0) is 32.7 Å². The van der Waals surface area contributed by atoms with Gasteiger partial charge in [0.15, 0.2) is 6.10 Å². The highest BCUT2D eigenvalue weighted by Gasteiger charge is 2.25. The third-order valence-electron chi connectivity index (χ3n) is 8.81. The first-order valence-electron chi connectivity index (χ1n) is 20.8. The van der Waals surface area contributed by atoms with Gasteiger partial charge >= 0.3 is 19.8 Å². The van der Waals surface area contributed by atoms with E-state index < -0.39 is 26.5 Å². The average molecular weight is 744 g/mol. The maximum Gasteiger partial charge on any atom is 0.472 e. The molecule has 0 aromatic rings.